The molecule has 182 valence electrons. The topological polar surface area (TPSA) is 138 Å². The van der Waals surface area contributed by atoms with Gasteiger partial charge in [-0.3, -0.25) is 14.5 Å². The molecule has 5 rings (SSSR count). The molecule has 9 nitrogen and oxygen atoms in total. The zero-order valence-electron chi connectivity index (χ0n) is 18.7. The molecule has 0 spiro atoms. The second-order valence-corrected chi connectivity index (χ2v) is 10.6. The Bertz CT molecular complexity index is 1440. The van der Waals surface area contributed by atoms with Gasteiger partial charge >= 0.3 is 0 Å². The largest absolute Gasteiger partial charge is 0.468 e. The zero-order valence-corrected chi connectivity index (χ0v) is 21.1. The van der Waals surface area contributed by atoms with Gasteiger partial charge in [0, 0.05) is 17.7 Å². The number of allylic oxidation sites excluding steroid dienone is 3. The number of thioether (sulfide) groups is 1. The Hall–Kier alpha value is -3.59. The summed E-state index contributed by atoms with van der Waals surface area (Å²) in [5, 5.41) is 22.1. The van der Waals surface area contributed by atoms with Gasteiger partial charge in [-0.1, -0.05) is 46.8 Å². The number of halogens is 1. The van der Waals surface area contributed by atoms with Crippen LogP contribution in [0, 0.1) is 11.3 Å². The highest BCUT2D eigenvalue weighted by atomic mass is 35.5. The molecule has 0 saturated carbocycles. The van der Waals surface area contributed by atoms with Gasteiger partial charge in [-0.15, -0.1) is 10.2 Å². The van der Waals surface area contributed by atoms with E-state index in [4.69, 9.17) is 21.8 Å². The van der Waals surface area contributed by atoms with Gasteiger partial charge in [-0.25, -0.2) is 0 Å². The second-order valence-electron chi connectivity index (χ2n) is 8.00. The average Bonchev–Trinajstić information content (AvgIpc) is 3.56. The number of carbonyl (C=O) groups excluding carboxylic acids is 2. The van der Waals surface area contributed by atoms with Crippen molar-refractivity contribution in [2.75, 3.05) is 16.0 Å². The molecule has 12 heteroatoms. The highest BCUT2D eigenvalue weighted by Crippen LogP contribution is 2.47. The van der Waals surface area contributed by atoms with E-state index < -0.39 is 5.92 Å². The summed E-state index contributed by atoms with van der Waals surface area (Å²) < 4.78 is 6.12. The van der Waals surface area contributed by atoms with Gasteiger partial charge in [0.15, 0.2) is 10.1 Å². The number of furan rings is 1. The van der Waals surface area contributed by atoms with Crippen LogP contribution in [0.25, 0.3) is 0 Å². The number of amides is 1. The number of hydrogen-bond acceptors (Lipinski definition) is 10. The number of nitrogens with two attached hydrogens (primary N) is 1. The molecule has 3 aromatic rings. The first-order valence-corrected chi connectivity index (χ1v) is 13.2. The highest BCUT2D eigenvalue weighted by Gasteiger charge is 2.42. The molecule has 3 N–H and O–H groups in total. The van der Waals surface area contributed by atoms with E-state index in [1.54, 1.807) is 41.3 Å². The number of hydrogen-bond donors (Lipinski definition) is 2. The fourth-order valence-electron chi connectivity index (χ4n) is 4.27. The molecule has 1 aliphatic carbocycles. The number of nitriles is 1. The first-order chi connectivity index (χ1) is 17.5. The Morgan fingerprint density at radius 2 is 2.14 bits per heavy atom. The smallest absolute Gasteiger partial charge is 0.234 e. The Morgan fingerprint density at radius 1 is 1.31 bits per heavy atom. The Kier molecular flexibility index (Phi) is 6.82. The minimum atomic E-state index is -0.653. The number of Topliss-reactive ketones (excluding diaryl/α,β-unsaturated/α-hetero) is 1. The summed E-state index contributed by atoms with van der Waals surface area (Å²) in [6, 6.07) is 12.6. The minimum absolute atomic E-state index is 0.0433. The van der Waals surface area contributed by atoms with E-state index in [0.717, 1.165) is 0 Å². The van der Waals surface area contributed by atoms with Crippen LogP contribution in [0.4, 0.5) is 10.8 Å². The van der Waals surface area contributed by atoms with Crippen LogP contribution in [0.2, 0.25) is 5.02 Å². The summed E-state index contributed by atoms with van der Waals surface area (Å²) in [6.07, 6.45) is 3.16. The predicted octanol–water partition coefficient (Wildman–Crippen LogP) is 4.82. The molecular formula is C24H19ClN6O3S2. The van der Waals surface area contributed by atoms with E-state index in [1.807, 2.05) is 0 Å². The monoisotopic (exact) mass is 538 g/mol. The van der Waals surface area contributed by atoms with E-state index in [9.17, 15) is 14.9 Å². The number of para-hydroxylation sites is 1. The number of anilines is 2. The third-order valence-corrected chi connectivity index (χ3v) is 8.17. The number of nitrogens with one attached hydrogen (secondary N) is 1. The van der Waals surface area contributed by atoms with Crippen molar-refractivity contribution in [2.24, 2.45) is 5.73 Å². The normalized spacial score (nSPS) is 17.7. The molecule has 1 aromatic carbocycles. The molecule has 1 unspecified atom stereocenters. The fraction of sp³-hybridized carbons (Fsp3) is 0.208. The van der Waals surface area contributed by atoms with Crippen molar-refractivity contribution in [3.05, 3.63) is 76.1 Å². The summed E-state index contributed by atoms with van der Waals surface area (Å²) >= 11 is 8.55. The van der Waals surface area contributed by atoms with Crippen LogP contribution < -0.4 is 16.0 Å². The molecule has 36 heavy (non-hydrogen) atoms. The van der Waals surface area contributed by atoms with Crippen molar-refractivity contribution < 1.29 is 14.0 Å². The zero-order chi connectivity index (χ0) is 25.2. The van der Waals surface area contributed by atoms with E-state index >= 15 is 0 Å². The van der Waals surface area contributed by atoms with Gasteiger partial charge in [-0.05, 0) is 37.1 Å². The van der Waals surface area contributed by atoms with Crippen LogP contribution in [0.3, 0.4) is 0 Å². The number of ketones is 1. The van der Waals surface area contributed by atoms with Gasteiger partial charge in [-0.2, -0.15) is 5.26 Å². The van der Waals surface area contributed by atoms with E-state index in [1.165, 1.54) is 29.4 Å². The molecule has 1 aliphatic heterocycles. The quantitative estimate of drug-likeness (QED) is 0.423. The molecule has 0 saturated heterocycles. The van der Waals surface area contributed by atoms with Gasteiger partial charge in [0.2, 0.25) is 11.0 Å². The Labute approximate surface area is 219 Å². The van der Waals surface area contributed by atoms with Crippen LogP contribution in [0.5, 0.6) is 0 Å². The van der Waals surface area contributed by atoms with Crippen LogP contribution in [0.1, 0.15) is 30.9 Å². The number of rotatable bonds is 6. The van der Waals surface area contributed by atoms with Crippen LogP contribution in [-0.2, 0) is 9.59 Å². The molecule has 1 amide bonds. The maximum absolute atomic E-state index is 13.0. The Morgan fingerprint density at radius 3 is 2.89 bits per heavy atom. The van der Waals surface area contributed by atoms with Crippen molar-refractivity contribution in [3.8, 4) is 6.07 Å². The molecule has 0 bridgehead atoms. The van der Waals surface area contributed by atoms with Crippen molar-refractivity contribution in [2.45, 2.75) is 29.5 Å². The molecule has 2 aliphatic rings. The maximum Gasteiger partial charge on any atom is 0.234 e. The first kappa shape index (κ1) is 24.1. The average molecular weight is 539 g/mol. The number of benzene rings is 1. The molecule has 2 aromatic heterocycles. The lowest BCUT2D eigenvalue weighted by Crippen LogP contribution is -2.38. The van der Waals surface area contributed by atoms with Crippen molar-refractivity contribution >= 4 is 57.2 Å². The molecule has 0 fully saturated rings. The summed E-state index contributed by atoms with van der Waals surface area (Å²) in [4.78, 5) is 27.1. The lowest BCUT2D eigenvalue weighted by atomic mass is 9.78. The summed E-state index contributed by atoms with van der Waals surface area (Å²) in [6.45, 7) is 0. The van der Waals surface area contributed by atoms with Gasteiger partial charge in [0.1, 0.15) is 11.6 Å². The van der Waals surface area contributed by atoms with Crippen LogP contribution >= 0.6 is 34.7 Å². The minimum Gasteiger partial charge on any atom is -0.468 e. The second kappa shape index (κ2) is 10.2. The summed E-state index contributed by atoms with van der Waals surface area (Å²) in [5.41, 5.74) is 8.46. The highest BCUT2D eigenvalue weighted by molar-refractivity contribution is 8.01. The van der Waals surface area contributed by atoms with Crippen LogP contribution in [0.15, 0.2) is 74.1 Å². The first-order valence-electron chi connectivity index (χ1n) is 11.0. The fourth-order valence-corrected chi connectivity index (χ4v) is 6.14. The van der Waals surface area contributed by atoms with Crippen molar-refractivity contribution in [1.29, 1.82) is 5.26 Å². The molecule has 3 heterocycles. The van der Waals surface area contributed by atoms with Crippen molar-refractivity contribution in [3.63, 3.8) is 0 Å². The van der Waals surface area contributed by atoms with Crippen molar-refractivity contribution in [1.82, 2.24) is 10.2 Å². The summed E-state index contributed by atoms with van der Waals surface area (Å²) in [5.74, 6) is -0.149. The Balaban J connectivity index is 1.40. The van der Waals surface area contributed by atoms with Gasteiger partial charge in [0.25, 0.3) is 0 Å². The standard InChI is InChI=1S/C24H19ClN6O3S2/c25-14-5-1-2-6-15(14)28-19(33)12-35-24-30-29-23(36-24)31-16-7-3-8-17(32)21(16)20(13(11-26)22(31)27)18-9-4-10-34-18/h1-2,4-6,9-10,20H,3,7-8,12,27H2,(H,28,33). The lowest BCUT2D eigenvalue weighted by Gasteiger charge is -2.37. The SMILES string of the molecule is N#CC1=C(N)N(c2nnc(SCC(=O)Nc3ccccc3Cl)s2)C2=C(C(=O)CCC2)C1c1ccco1. The number of nitrogens with zero attached hydrogens (tertiary/aromatic N) is 4. The molecule has 1 atom stereocenters. The molecule has 0 radical (unpaired) electrons. The van der Waals surface area contributed by atoms with Gasteiger partial charge in [0.05, 0.1) is 40.3 Å². The maximum atomic E-state index is 13.0. The van der Waals surface area contributed by atoms with Gasteiger partial charge < -0.3 is 15.5 Å². The van der Waals surface area contributed by atoms with E-state index in [-0.39, 0.29) is 28.8 Å². The van der Waals surface area contributed by atoms with Crippen LogP contribution in [-0.4, -0.2) is 27.6 Å². The third kappa shape index (κ3) is 4.51. The number of aromatic nitrogens is 2. The lowest BCUT2D eigenvalue weighted by molar-refractivity contribution is -0.116. The van der Waals surface area contributed by atoms with E-state index in [0.29, 0.717) is 56.5 Å². The molecular weight excluding hydrogens is 520 g/mol. The van der Waals surface area contributed by atoms with E-state index in [2.05, 4.69) is 21.6 Å². The predicted molar refractivity (Wildman–Crippen MR) is 137 cm³/mol. The third-order valence-electron chi connectivity index (χ3n) is 5.80. The number of carbonyl (C=O) groups is 2. The summed E-state index contributed by atoms with van der Waals surface area (Å²) in [7, 11) is 0.